The molecule has 0 radical (unpaired) electrons. The monoisotopic (exact) mass is 538 g/mol. The maximum atomic E-state index is 13.2. The van der Waals surface area contributed by atoms with Crippen molar-refractivity contribution >= 4 is 17.8 Å². The number of aliphatic hydroxyl groups is 1. The zero-order chi connectivity index (χ0) is 28.6. The molecule has 0 fully saturated rings. The fourth-order valence-electron chi connectivity index (χ4n) is 4.14. The van der Waals surface area contributed by atoms with Crippen LogP contribution < -0.4 is 5.32 Å². The van der Waals surface area contributed by atoms with Gasteiger partial charge < -0.3 is 20.1 Å². The fraction of sp³-hybridized carbons (Fsp3) is 0.387. The summed E-state index contributed by atoms with van der Waals surface area (Å²) >= 11 is 0. The van der Waals surface area contributed by atoms with Gasteiger partial charge in [0.2, 0.25) is 11.8 Å². The topological polar surface area (TPSA) is 95.9 Å². The van der Waals surface area contributed by atoms with Crippen LogP contribution in [-0.2, 0) is 32.1 Å². The SMILES string of the molecule is C=CC[C@@H](CC(=O)N(CCO)Cc1ccccc1)C(=O)N[C@@H](C)COC(=O)[C@@H](CC=C)Cc1ccc(F)cc1. The molecule has 2 amide bonds. The van der Waals surface area contributed by atoms with Crippen LogP contribution in [0.1, 0.15) is 37.3 Å². The Labute approximate surface area is 230 Å². The summed E-state index contributed by atoms with van der Waals surface area (Å²) in [5.74, 6) is -2.51. The van der Waals surface area contributed by atoms with Crippen molar-refractivity contribution in [3.8, 4) is 0 Å². The molecule has 0 unspecified atom stereocenters. The summed E-state index contributed by atoms with van der Waals surface area (Å²) in [5, 5.41) is 12.3. The Kier molecular flexibility index (Phi) is 13.7. The molecule has 2 aromatic carbocycles. The first kappa shape index (κ1) is 31.4. The molecule has 39 heavy (non-hydrogen) atoms. The van der Waals surface area contributed by atoms with Gasteiger partial charge in [0.25, 0.3) is 0 Å². The molecule has 2 rings (SSSR count). The van der Waals surface area contributed by atoms with E-state index in [1.54, 1.807) is 31.2 Å². The number of esters is 1. The van der Waals surface area contributed by atoms with Crippen LogP contribution in [0.5, 0.6) is 0 Å². The zero-order valence-electron chi connectivity index (χ0n) is 22.6. The highest BCUT2D eigenvalue weighted by molar-refractivity contribution is 5.86. The summed E-state index contributed by atoms with van der Waals surface area (Å²) in [6.07, 6.45) is 4.24. The number of benzene rings is 2. The molecule has 3 atom stereocenters. The van der Waals surface area contributed by atoms with Crippen LogP contribution in [0.4, 0.5) is 4.39 Å². The minimum absolute atomic E-state index is 0.0406. The predicted molar refractivity (Wildman–Crippen MR) is 149 cm³/mol. The lowest BCUT2D eigenvalue weighted by molar-refractivity contribution is -0.149. The molecule has 7 nitrogen and oxygen atoms in total. The van der Waals surface area contributed by atoms with Gasteiger partial charge in [-0.1, -0.05) is 54.6 Å². The lowest BCUT2D eigenvalue weighted by Gasteiger charge is -2.25. The van der Waals surface area contributed by atoms with Crippen LogP contribution in [0.2, 0.25) is 0 Å². The van der Waals surface area contributed by atoms with Gasteiger partial charge in [-0.25, -0.2) is 4.39 Å². The van der Waals surface area contributed by atoms with E-state index in [1.165, 1.54) is 17.0 Å². The summed E-state index contributed by atoms with van der Waals surface area (Å²) in [6, 6.07) is 14.9. The Morgan fingerprint density at radius 2 is 1.64 bits per heavy atom. The van der Waals surface area contributed by atoms with Gasteiger partial charge in [0, 0.05) is 19.5 Å². The highest BCUT2D eigenvalue weighted by Gasteiger charge is 2.26. The van der Waals surface area contributed by atoms with Gasteiger partial charge in [0.15, 0.2) is 0 Å². The third-order valence-corrected chi connectivity index (χ3v) is 6.23. The van der Waals surface area contributed by atoms with Gasteiger partial charge in [0.1, 0.15) is 12.4 Å². The molecule has 0 spiro atoms. The molecule has 2 aromatic rings. The van der Waals surface area contributed by atoms with Gasteiger partial charge in [-0.2, -0.15) is 0 Å². The largest absolute Gasteiger partial charge is 0.463 e. The van der Waals surface area contributed by atoms with E-state index in [1.807, 2.05) is 30.3 Å². The van der Waals surface area contributed by atoms with E-state index in [-0.39, 0.29) is 43.8 Å². The fourth-order valence-corrected chi connectivity index (χ4v) is 4.14. The first-order chi connectivity index (χ1) is 18.8. The number of aliphatic hydroxyl groups excluding tert-OH is 1. The van der Waals surface area contributed by atoms with Crippen molar-refractivity contribution in [1.29, 1.82) is 0 Å². The van der Waals surface area contributed by atoms with Crippen molar-refractivity contribution in [3.05, 3.63) is 96.9 Å². The smallest absolute Gasteiger partial charge is 0.309 e. The number of amides is 2. The summed E-state index contributed by atoms with van der Waals surface area (Å²) in [6.45, 7) is 9.39. The minimum atomic E-state index is -0.655. The van der Waals surface area contributed by atoms with Crippen LogP contribution in [0.15, 0.2) is 79.9 Å². The van der Waals surface area contributed by atoms with Gasteiger partial charge in [-0.15, -0.1) is 13.2 Å². The number of allylic oxidation sites excluding steroid dienone is 2. The Morgan fingerprint density at radius 3 is 2.26 bits per heavy atom. The normalized spacial score (nSPS) is 13.0. The molecule has 0 saturated carbocycles. The van der Waals surface area contributed by atoms with Crippen molar-refractivity contribution in [2.45, 2.75) is 45.2 Å². The predicted octanol–water partition coefficient (Wildman–Crippen LogP) is 4.21. The lowest BCUT2D eigenvalue weighted by Crippen LogP contribution is -2.42. The van der Waals surface area contributed by atoms with Crippen LogP contribution in [0.25, 0.3) is 0 Å². The third kappa shape index (κ3) is 11.2. The highest BCUT2D eigenvalue weighted by Crippen LogP contribution is 2.17. The number of nitrogens with one attached hydrogen (secondary N) is 1. The molecule has 0 bridgehead atoms. The number of hydrogen-bond donors (Lipinski definition) is 2. The number of halogens is 1. The first-order valence-corrected chi connectivity index (χ1v) is 13.1. The average molecular weight is 539 g/mol. The molecule has 2 N–H and O–H groups in total. The van der Waals surface area contributed by atoms with Gasteiger partial charge >= 0.3 is 5.97 Å². The van der Waals surface area contributed by atoms with Crippen LogP contribution in [-0.4, -0.2) is 53.6 Å². The van der Waals surface area contributed by atoms with Gasteiger partial charge in [-0.3, -0.25) is 14.4 Å². The van der Waals surface area contributed by atoms with E-state index < -0.39 is 23.8 Å². The maximum Gasteiger partial charge on any atom is 0.309 e. The highest BCUT2D eigenvalue weighted by atomic mass is 19.1. The van der Waals surface area contributed by atoms with Crippen molar-refractivity contribution in [3.63, 3.8) is 0 Å². The number of hydrogen-bond acceptors (Lipinski definition) is 5. The molecule has 0 aromatic heterocycles. The molecule has 210 valence electrons. The molecule has 0 heterocycles. The van der Waals surface area contributed by atoms with Crippen molar-refractivity contribution < 1.29 is 28.6 Å². The summed E-state index contributed by atoms with van der Waals surface area (Å²) in [4.78, 5) is 40.3. The molecule has 0 aliphatic carbocycles. The van der Waals surface area contributed by atoms with Gasteiger partial charge in [-0.05, 0) is 49.4 Å². The maximum absolute atomic E-state index is 13.2. The molecule has 0 aliphatic rings. The average Bonchev–Trinajstić information content (AvgIpc) is 2.92. The van der Waals surface area contributed by atoms with Crippen molar-refractivity contribution in [2.24, 2.45) is 11.8 Å². The Balaban J connectivity index is 1.92. The van der Waals surface area contributed by atoms with E-state index in [2.05, 4.69) is 18.5 Å². The summed E-state index contributed by atoms with van der Waals surface area (Å²) < 4.78 is 18.7. The van der Waals surface area contributed by atoms with Crippen LogP contribution >= 0.6 is 0 Å². The Hall–Kier alpha value is -3.78. The van der Waals surface area contributed by atoms with Crippen LogP contribution in [0, 0.1) is 17.7 Å². The van der Waals surface area contributed by atoms with Crippen molar-refractivity contribution in [1.82, 2.24) is 10.2 Å². The van der Waals surface area contributed by atoms with Crippen LogP contribution in [0.3, 0.4) is 0 Å². The molecule has 0 saturated heterocycles. The van der Waals surface area contributed by atoms with E-state index in [9.17, 15) is 23.9 Å². The van der Waals surface area contributed by atoms with E-state index in [0.29, 0.717) is 25.8 Å². The minimum Gasteiger partial charge on any atom is -0.463 e. The zero-order valence-corrected chi connectivity index (χ0v) is 22.6. The number of carbonyl (C=O) groups excluding carboxylic acids is 3. The molecule has 0 aliphatic heterocycles. The quantitative estimate of drug-likeness (QED) is 0.232. The molecular formula is C31H39FN2O5. The van der Waals surface area contributed by atoms with Crippen molar-refractivity contribution in [2.75, 3.05) is 19.8 Å². The second-order valence-corrected chi connectivity index (χ2v) is 9.54. The first-order valence-electron chi connectivity index (χ1n) is 13.1. The molecule has 8 heteroatoms. The van der Waals surface area contributed by atoms with E-state index in [4.69, 9.17) is 4.74 Å². The summed E-state index contributed by atoms with van der Waals surface area (Å²) in [7, 11) is 0. The molecular weight excluding hydrogens is 499 g/mol. The number of rotatable bonds is 17. The second kappa shape index (κ2) is 16.9. The number of ether oxygens (including phenoxy) is 1. The lowest BCUT2D eigenvalue weighted by atomic mass is 9.96. The number of carbonyl (C=O) groups is 3. The number of nitrogens with zero attached hydrogens (tertiary/aromatic N) is 1. The van der Waals surface area contributed by atoms with E-state index >= 15 is 0 Å². The van der Waals surface area contributed by atoms with Gasteiger partial charge in [0.05, 0.1) is 24.5 Å². The Bertz CT molecular complexity index is 1070. The van der Waals surface area contributed by atoms with E-state index in [0.717, 1.165) is 11.1 Å². The Morgan fingerprint density at radius 1 is 1.00 bits per heavy atom. The third-order valence-electron chi connectivity index (χ3n) is 6.23. The standard InChI is InChI=1S/C31H39FN2O5/c1-4-9-26(20-29(36)34(17-18-35)21-25-11-7-6-8-12-25)30(37)33-23(3)22-39-31(38)27(10-5-2)19-24-13-15-28(32)16-14-24/h4-8,11-16,23,26-27,35H,1-2,9-10,17-22H2,3H3,(H,33,37)/t23-,26-,27-/m0/s1. The summed E-state index contributed by atoms with van der Waals surface area (Å²) in [5.41, 5.74) is 1.73. The second-order valence-electron chi connectivity index (χ2n) is 9.54.